The molecule has 0 aliphatic heterocycles. The summed E-state index contributed by atoms with van der Waals surface area (Å²) in [6.07, 6.45) is 0. The van der Waals surface area contributed by atoms with Crippen molar-refractivity contribution in [2.24, 2.45) is 5.73 Å². The van der Waals surface area contributed by atoms with Crippen LogP contribution in [-0.4, -0.2) is 0 Å². The first-order valence-corrected chi connectivity index (χ1v) is 6.92. The van der Waals surface area contributed by atoms with Crippen molar-refractivity contribution in [3.05, 3.63) is 55.4 Å². The summed E-state index contributed by atoms with van der Waals surface area (Å²) in [4.78, 5) is 0. The van der Waals surface area contributed by atoms with Crippen molar-refractivity contribution in [2.75, 3.05) is 0 Å². The van der Waals surface area contributed by atoms with Crippen LogP contribution >= 0.6 is 27.3 Å². The molecule has 1 nitrogen and oxygen atoms in total. The van der Waals surface area contributed by atoms with Gasteiger partial charge in [-0.3, -0.25) is 0 Å². The Morgan fingerprint density at radius 3 is 2.29 bits per heavy atom. The molecule has 1 atom stereocenters. The smallest absolute Gasteiger partial charge is 0.123 e. The largest absolute Gasteiger partial charge is 0.320 e. The summed E-state index contributed by atoms with van der Waals surface area (Å²) in [5.74, 6) is -0.206. The number of hydrogen-bond acceptors (Lipinski definition) is 2. The van der Waals surface area contributed by atoms with Gasteiger partial charge in [-0.15, -0.1) is 11.3 Å². The van der Waals surface area contributed by atoms with E-state index in [0.717, 1.165) is 26.0 Å². The normalized spacial score (nSPS) is 12.8. The number of aryl methyl sites for hydroxylation is 2. The molecule has 0 aliphatic carbocycles. The second-order valence-electron chi connectivity index (χ2n) is 4.12. The molecule has 0 bridgehead atoms. The van der Waals surface area contributed by atoms with Gasteiger partial charge in [0.05, 0.1) is 9.83 Å². The van der Waals surface area contributed by atoms with Gasteiger partial charge < -0.3 is 5.73 Å². The molecule has 0 radical (unpaired) electrons. The van der Waals surface area contributed by atoms with Crippen molar-refractivity contribution in [1.29, 1.82) is 0 Å². The van der Waals surface area contributed by atoms with Gasteiger partial charge in [0, 0.05) is 0 Å². The zero-order valence-corrected chi connectivity index (χ0v) is 12.0. The maximum Gasteiger partial charge on any atom is 0.123 e. The van der Waals surface area contributed by atoms with Gasteiger partial charge in [0.1, 0.15) is 5.82 Å². The first-order chi connectivity index (χ1) is 7.99. The van der Waals surface area contributed by atoms with E-state index in [0.29, 0.717) is 0 Å². The molecule has 1 aromatic heterocycles. The molecule has 2 rings (SSSR count). The lowest BCUT2D eigenvalue weighted by molar-refractivity contribution is 0.623. The SMILES string of the molecule is Cc1cc(F)cc(C)c1C(N)c1csc(Br)c1. The molecule has 0 spiro atoms. The molecular weight excluding hydrogens is 301 g/mol. The average molecular weight is 314 g/mol. The summed E-state index contributed by atoms with van der Waals surface area (Å²) in [6, 6.07) is 4.88. The zero-order chi connectivity index (χ0) is 12.6. The monoisotopic (exact) mass is 313 g/mol. The molecule has 1 unspecified atom stereocenters. The highest BCUT2D eigenvalue weighted by Gasteiger charge is 2.16. The van der Waals surface area contributed by atoms with E-state index in [1.54, 1.807) is 11.3 Å². The number of benzene rings is 1. The van der Waals surface area contributed by atoms with Gasteiger partial charge >= 0.3 is 0 Å². The van der Waals surface area contributed by atoms with Crippen molar-refractivity contribution < 1.29 is 4.39 Å². The first-order valence-electron chi connectivity index (χ1n) is 5.25. The average Bonchev–Trinajstić information content (AvgIpc) is 2.63. The van der Waals surface area contributed by atoms with Gasteiger partial charge in [-0.05, 0) is 75.6 Å². The lowest BCUT2D eigenvalue weighted by Crippen LogP contribution is -2.14. The Labute approximate surface area is 113 Å². The first kappa shape index (κ1) is 12.7. The molecule has 2 N–H and O–H groups in total. The Balaban J connectivity index is 2.47. The van der Waals surface area contributed by atoms with Gasteiger partial charge in [-0.1, -0.05) is 0 Å². The van der Waals surface area contributed by atoms with E-state index in [2.05, 4.69) is 15.9 Å². The molecule has 17 heavy (non-hydrogen) atoms. The van der Waals surface area contributed by atoms with E-state index in [-0.39, 0.29) is 11.9 Å². The molecule has 0 saturated heterocycles. The maximum absolute atomic E-state index is 13.2. The second kappa shape index (κ2) is 4.88. The summed E-state index contributed by atoms with van der Waals surface area (Å²) < 4.78 is 14.3. The van der Waals surface area contributed by atoms with Crippen LogP contribution in [0.5, 0.6) is 0 Å². The van der Waals surface area contributed by atoms with Crippen LogP contribution in [0.25, 0.3) is 0 Å². The fourth-order valence-electron chi connectivity index (χ4n) is 2.07. The fourth-order valence-corrected chi connectivity index (χ4v) is 3.28. The van der Waals surface area contributed by atoms with Crippen LogP contribution in [0.1, 0.15) is 28.3 Å². The third-order valence-corrected chi connectivity index (χ3v) is 4.34. The van der Waals surface area contributed by atoms with Crippen LogP contribution in [0.2, 0.25) is 0 Å². The van der Waals surface area contributed by atoms with Crippen LogP contribution in [0.4, 0.5) is 4.39 Å². The van der Waals surface area contributed by atoms with Crippen molar-refractivity contribution in [2.45, 2.75) is 19.9 Å². The van der Waals surface area contributed by atoms with E-state index in [1.165, 1.54) is 12.1 Å². The lowest BCUT2D eigenvalue weighted by Gasteiger charge is -2.16. The third-order valence-electron chi connectivity index (χ3n) is 2.82. The summed E-state index contributed by atoms with van der Waals surface area (Å²) >= 11 is 5.03. The van der Waals surface area contributed by atoms with E-state index in [1.807, 2.05) is 25.3 Å². The van der Waals surface area contributed by atoms with Gasteiger partial charge in [-0.2, -0.15) is 0 Å². The molecule has 0 fully saturated rings. The topological polar surface area (TPSA) is 26.0 Å². The standard InChI is InChI=1S/C13H13BrFNS/c1-7-3-10(15)4-8(2)12(7)13(16)9-5-11(14)17-6-9/h3-6,13H,16H2,1-2H3. The van der Waals surface area contributed by atoms with Gasteiger partial charge in [0.2, 0.25) is 0 Å². The Bertz CT molecular complexity index is 527. The maximum atomic E-state index is 13.2. The predicted molar refractivity (Wildman–Crippen MR) is 73.9 cm³/mol. The molecule has 1 heterocycles. The highest BCUT2D eigenvalue weighted by Crippen LogP contribution is 2.31. The van der Waals surface area contributed by atoms with E-state index in [4.69, 9.17) is 5.73 Å². The summed E-state index contributed by atoms with van der Waals surface area (Å²) in [5.41, 5.74) is 10.1. The van der Waals surface area contributed by atoms with Crippen LogP contribution in [-0.2, 0) is 0 Å². The summed E-state index contributed by atoms with van der Waals surface area (Å²) in [7, 11) is 0. The molecule has 2 aromatic rings. The molecular formula is C13H13BrFNS. The van der Waals surface area contributed by atoms with Crippen LogP contribution in [0.15, 0.2) is 27.4 Å². The Morgan fingerprint density at radius 1 is 1.24 bits per heavy atom. The Kier molecular flexibility index (Phi) is 3.66. The van der Waals surface area contributed by atoms with E-state index in [9.17, 15) is 4.39 Å². The van der Waals surface area contributed by atoms with Crippen molar-refractivity contribution in [1.82, 2.24) is 0 Å². The van der Waals surface area contributed by atoms with E-state index < -0.39 is 0 Å². The summed E-state index contributed by atoms with van der Waals surface area (Å²) in [5, 5.41) is 2.02. The number of rotatable bonds is 2. The summed E-state index contributed by atoms with van der Waals surface area (Å²) in [6.45, 7) is 3.79. The minimum absolute atomic E-state index is 0.196. The molecule has 0 amide bonds. The zero-order valence-electron chi connectivity index (χ0n) is 9.63. The minimum Gasteiger partial charge on any atom is -0.320 e. The molecule has 1 aromatic carbocycles. The predicted octanol–water partition coefficient (Wildman–Crippen LogP) is 4.31. The van der Waals surface area contributed by atoms with Crippen molar-refractivity contribution in [3.8, 4) is 0 Å². The van der Waals surface area contributed by atoms with Gasteiger partial charge in [0.15, 0.2) is 0 Å². The number of nitrogens with two attached hydrogens (primary N) is 1. The quantitative estimate of drug-likeness (QED) is 0.878. The van der Waals surface area contributed by atoms with Crippen LogP contribution < -0.4 is 5.73 Å². The highest BCUT2D eigenvalue weighted by molar-refractivity contribution is 9.11. The Morgan fingerprint density at radius 2 is 1.82 bits per heavy atom. The van der Waals surface area contributed by atoms with Gasteiger partial charge in [-0.25, -0.2) is 4.39 Å². The molecule has 0 saturated carbocycles. The highest BCUT2D eigenvalue weighted by atomic mass is 79.9. The fraction of sp³-hybridized carbons (Fsp3) is 0.231. The minimum atomic E-state index is -0.206. The number of halogens is 2. The lowest BCUT2D eigenvalue weighted by atomic mass is 9.93. The van der Waals surface area contributed by atoms with E-state index >= 15 is 0 Å². The Hall–Kier alpha value is -0.710. The molecule has 90 valence electrons. The van der Waals surface area contributed by atoms with Crippen molar-refractivity contribution in [3.63, 3.8) is 0 Å². The second-order valence-corrected chi connectivity index (χ2v) is 6.41. The van der Waals surface area contributed by atoms with Crippen molar-refractivity contribution >= 4 is 27.3 Å². The van der Waals surface area contributed by atoms with Gasteiger partial charge in [0.25, 0.3) is 0 Å². The molecule has 0 aliphatic rings. The van der Waals surface area contributed by atoms with Crippen LogP contribution in [0.3, 0.4) is 0 Å². The molecule has 4 heteroatoms. The number of hydrogen-bond donors (Lipinski definition) is 1. The third kappa shape index (κ3) is 2.59. The van der Waals surface area contributed by atoms with Crippen LogP contribution in [0, 0.1) is 19.7 Å². The number of thiophene rings is 1.